The monoisotopic (exact) mass is 298 g/mol. The van der Waals surface area contributed by atoms with Gasteiger partial charge in [0.1, 0.15) is 22.4 Å². The third-order valence-corrected chi connectivity index (χ3v) is 4.13. The molecule has 0 radical (unpaired) electrons. The molecule has 0 saturated heterocycles. The minimum absolute atomic E-state index is 0.544. The Bertz CT molecular complexity index is 375. The summed E-state index contributed by atoms with van der Waals surface area (Å²) in [5, 5.41) is 6.55. The summed E-state index contributed by atoms with van der Waals surface area (Å²) in [7, 11) is 1.86. The molecule has 1 fully saturated rings. The first-order chi connectivity index (χ1) is 8.20. The molecule has 0 bridgehead atoms. The first kappa shape index (κ1) is 12.6. The number of halogens is 1. The van der Waals surface area contributed by atoms with Crippen LogP contribution in [0.1, 0.15) is 32.6 Å². The predicted molar refractivity (Wildman–Crippen MR) is 74.3 cm³/mol. The van der Waals surface area contributed by atoms with Crippen LogP contribution in [0, 0.1) is 5.92 Å². The third-order valence-electron chi connectivity index (χ3n) is 3.38. The molecule has 0 aromatic carbocycles. The zero-order chi connectivity index (χ0) is 12.3. The molecule has 0 atom stereocenters. The number of rotatable bonds is 3. The lowest BCUT2D eigenvalue weighted by molar-refractivity contribution is 0.360. The molecule has 0 spiro atoms. The Morgan fingerprint density at radius 3 is 2.47 bits per heavy atom. The van der Waals surface area contributed by atoms with E-state index in [1.54, 1.807) is 6.33 Å². The fourth-order valence-electron chi connectivity index (χ4n) is 2.24. The van der Waals surface area contributed by atoms with E-state index in [2.05, 4.69) is 43.5 Å². The minimum atomic E-state index is 0.544. The van der Waals surface area contributed by atoms with Crippen LogP contribution in [0.15, 0.2) is 10.8 Å². The largest absolute Gasteiger partial charge is 0.372 e. The van der Waals surface area contributed by atoms with Crippen LogP contribution >= 0.6 is 15.9 Å². The fraction of sp³-hybridized carbons (Fsp3) is 0.667. The van der Waals surface area contributed by atoms with E-state index < -0.39 is 0 Å². The Labute approximate surface area is 111 Å². The smallest absolute Gasteiger partial charge is 0.146 e. The van der Waals surface area contributed by atoms with Crippen molar-refractivity contribution in [2.24, 2.45) is 5.92 Å². The van der Waals surface area contributed by atoms with Crippen molar-refractivity contribution in [3.8, 4) is 0 Å². The van der Waals surface area contributed by atoms with Gasteiger partial charge >= 0.3 is 0 Å². The van der Waals surface area contributed by atoms with Crippen LogP contribution in [-0.2, 0) is 0 Å². The molecule has 0 amide bonds. The Hall–Kier alpha value is -0.840. The molecule has 1 aromatic rings. The Morgan fingerprint density at radius 1 is 1.18 bits per heavy atom. The molecule has 1 aliphatic rings. The summed E-state index contributed by atoms with van der Waals surface area (Å²) < 4.78 is 0.918. The average molecular weight is 299 g/mol. The molecule has 1 aliphatic carbocycles. The van der Waals surface area contributed by atoms with Crippen molar-refractivity contribution in [1.29, 1.82) is 0 Å². The number of nitrogens with zero attached hydrogens (tertiary/aromatic N) is 2. The van der Waals surface area contributed by atoms with Gasteiger partial charge in [0.05, 0.1) is 0 Å². The van der Waals surface area contributed by atoms with Gasteiger partial charge in [-0.2, -0.15) is 0 Å². The average Bonchev–Trinajstić information content (AvgIpc) is 2.35. The second kappa shape index (κ2) is 5.67. The maximum Gasteiger partial charge on any atom is 0.146 e. The van der Waals surface area contributed by atoms with E-state index >= 15 is 0 Å². The maximum absolute atomic E-state index is 4.29. The van der Waals surface area contributed by atoms with Crippen molar-refractivity contribution in [3.63, 3.8) is 0 Å². The summed E-state index contributed by atoms with van der Waals surface area (Å²) in [6.45, 7) is 2.33. The van der Waals surface area contributed by atoms with E-state index in [0.29, 0.717) is 6.04 Å². The molecule has 1 heterocycles. The number of hydrogen-bond acceptors (Lipinski definition) is 4. The van der Waals surface area contributed by atoms with Crippen molar-refractivity contribution in [2.45, 2.75) is 38.6 Å². The second-order valence-corrected chi connectivity index (χ2v) is 5.53. The van der Waals surface area contributed by atoms with Crippen molar-refractivity contribution in [2.75, 3.05) is 17.7 Å². The highest BCUT2D eigenvalue weighted by atomic mass is 79.9. The van der Waals surface area contributed by atoms with Crippen LogP contribution in [0.3, 0.4) is 0 Å². The molecule has 17 heavy (non-hydrogen) atoms. The van der Waals surface area contributed by atoms with Crippen LogP contribution in [0.2, 0.25) is 0 Å². The molecule has 4 nitrogen and oxygen atoms in total. The van der Waals surface area contributed by atoms with Gasteiger partial charge in [-0.3, -0.25) is 0 Å². The standard InChI is InChI=1S/C12H19BrN4/c1-8-3-5-9(6-4-8)17-12-10(13)11(14-2)15-7-16-12/h7-9H,3-6H2,1-2H3,(H2,14,15,16,17). The quantitative estimate of drug-likeness (QED) is 0.899. The molecular weight excluding hydrogens is 280 g/mol. The SMILES string of the molecule is CNc1ncnc(NC2CCC(C)CC2)c1Br. The molecule has 0 aliphatic heterocycles. The highest BCUT2D eigenvalue weighted by molar-refractivity contribution is 9.10. The topological polar surface area (TPSA) is 49.8 Å². The number of anilines is 2. The highest BCUT2D eigenvalue weighted by Crippen LogP contribution is 2.30. The normalized spacial score (nSPS) is 24.4. The summed E-state index contributed by atoms with van der Waals surface area (Å²) in [5.74, 6) is 2.59. The van der Waals surface area contributed by atoms with Crippen molar-refractivity contribution in [3.05, 3.63) is 10.8 Å². The fourth-order valence-corrected chi connectivity index (χ4v) is 2.76. The van der Waals surface area contributed by atoms with Crippen LogP contribution in [0.5, 0.6) is 0 Å². The summed E-state index contributed by atoms with van der Waals surface area (Å²) in [6, 6.07) is 0.544. The van der Waals surface area contributed by atoms with E-state index in [1.807, 2.05) is 7.05 Å². The first-order valence-corrected chi connectivity index (χ1v) is 6.94. The second-order valence-electron chi connectivity index (χ2n) is 4.74. The first-order valence-electron chi connectivity index (χ1n) is 6.15. The summed E-state index contributed by atoms with van der Waals surface area (Å²) in [6.07, 6.45) is 6.65. The van der Waals surface area contributed by atoms with Gasteiger partial charge in [-0.05, 0) is 47.5 Å². The number of aromatic nitrogens is 2. The lowest BCUT2D eigenvalue weighted by atomic mass is 9.87. The maximum atomic E-state index is 4.29. The van der Waals surface area contributed by atoms with E-state index in [4.69, 9.17) is 0 Å². The molecule has 2 rings (SSSR count). The molecule has 0 unspecified atom stereocenters. The number of nitrogens with one attached hydrogen (secondary N) is 2. The summed E-state index contributed by atoms with van der Waals surface area (Å²) in [5.41, 5.74) is 0. The van der Waals surface area contributed by atoms with E-state index in [9.17, 15) is 0 Å². The zero-order valence-electron chi connectivity index (χ0n) is 10.3. The lowest BCUT2D eigenvalue weighted by Crippen LogP contribution is -2.26. The molecule has 94 valence electrons. The molecular formula is C12H19BrN4. The van der Waals surface area contributed by atoms with Crippen LogP contribution < -0.4 is 10.6 Å². The Kier molecular flexibility index (Phi) is 4.20. The van der Waals surface area contributed by atoms with Gasteiger partial charge in [0.2, 0.25) is 0 Å². The molecule has 5 heteroatoms. The van der Waals surface area contributed by atoms with Gasteiger partial charge in [0, 0.05) is 13.1 Å². The predicted octanol–water partition coefficient (Wildman–Crippen LogP) is 3.27. The molecule has 2 N–H and O–H groups in total. The lowest BCUT2D eigenvalue weighted by Gasteiger charge is -2.27. The summed E-state index contributed by atoms with van der Waals surface area (Å²) in [4.78, 5) is 8.44. The van der Waals surface area contributed by atoms with Gasteiger partial charge in [-0.25, -0.2) is 9.97 Å². The minimum Gasteiger partial charge on any atom is -0.372 e. The van der Waals surface area contributed by atoms with Gasteiger partial charge < -0.3 is 10.6 Å². The third kappa shape index (κ3) is 3.09. The van der Waals surface area contributed by atoms with Crippen molar-refractivity contribution in [1.82, 2.24) is 9.97 Å². The van der Waals surface area contributed by atoms with E-state index in [1.165, 1.54) is 25.7 Å². The Morgan fingerprint density at radius 2 is 1.82 bits per heavy atom. The zero-order valence-corrected chi connectivity index (χ0v) is 11.9. The van der Waals surface area contributed by atoms with Gasteiger partial charge in [0.15, 0.2) is 0 Å². The van der Waals surface area contributed by atoms with Crippen molar-refractivity contribution < 1.29 is 0 Å². The highest BCUT2D eigenvalue weighted by Gasteiger charge is 2.19. The molecule has 1 aromatic heterocycles. The van der Waals surface area contributed by atoms with E-state index in [-0.39, 0.29) is 0 Å². The van der Waals surface area contributed by atoms with Gasteiger partial charge in [0.25, 0.3) is 0 Å². The van der Waals surface area contributed by atoms with Crippen LogP contribution in [0.4, 0.5) is 11.6 Å². The van der Waals surface area contributed by atoms with Gasteiger partial charge in [-0.1, -0.05) is 6.92 Å². The van der Waals surface area contributed by atoms with Crippen molar-refractivity contribution >= 4 is 27.6 Å². The van der Waals surface area contributed by atoms with E-state index in [0.717, 1.165) is 22.0 Å². The molecule has 1 saturated carbocycles. The van der Waals surface area contributed by atoms with Gasteiger partial charge in [-0.15, -0.1) is 0 Å². The summed E-state index contributed by atoms with van der Waals surface area (Å²) >= 11 is 3.53. The van der Waals surface area contributed by atoms with Crippen LogP contribution in [0.25, 0.3) is 0 Å². The number of hydrogen-bond donors (Lipinski definition) is 2. The Balaban J connectivity index is 2.03. The van der Waals surface area contributed by atoms with Crippen LogP contribution in [-0.4, -0.2) is 23.1 Å².